The summed E-state index contributed by atoms with van der Waals surface area (Å²) in [5, 5.41) is 0. The van der Waals surface area contributed by atoms with Crippen LogP contribution in [0.2, 0.25) is 0 Å². The maximum absolute atomic E-state index is 12.8. The summed E-state index contributed by atoms with van der Waals surface area (Å²) in [6.07, 6.45) is 79.5. The molecule has 0 bridgehead atoms. The smallest absolute Gasteiger partial charge is 0.306 e. The summed E-state index contributed by atoms with van der Waals surface area (Å²) in [4.78, 5) is 37.9. The van der Waals surface area contributed by atoms with E-state index in [4.69, 9.17) is 14.2 Å². The molecule has 0 aromatic heterocycles. The van der Waals surface area contributed by atoms with Gasteiger partial charge in [0.1, 0.15) is 13.2 Å². The molecule has 1 unspecified atom stereocenters. The van der Waals surface area contributed by atoms with Crippen molar-refractivity contribution in [1.29, 1.82) is 0 Å². The predicted octanol–water partition coefficient (Wildman–Crippen LogP) is 21.3. The Morgan fingerprint density at radius 3 is 0.767 bits per heavy atom. The van der Waals surface area contributed by atoms with Crippen molar-refractivity contribution in [3.8, 4) is 0 Å². The summed E-state index contributed by atoms with van der Waals surface area (Å²) >= 11 is 0. The Balaban J connectivity index is 4.06. The molecule has 6 heteroatoms. The SMILES string of the molecule is CCCCCCC/C=C\C/C=C\C/C=C\CCCCCCCCCCCCCCC(=O)OCC(COC(=O)CCCCCCC)OC(=O)CCCCCCCCCC/C=C\C/C=C\C/C=C\CCCCCCC. The Labute approximate surface area is 453 Å². The standard InChI is InChI=1S/C67H118O6/c1-4-7-10-13-15-17-19-21-23-25-27-29-31-32-33-34-36-37-39-41-43-45-47-49-51-54-57-60-66(69)72-63-64(62-71-65(68)59-56-53-12-9-6-3)73-67(70)61-58-55-52-50-48-46-44-42-40-38-35-30-28-26-24-22-20-18-16-14-11-8-5-2/h19-22,25-28,31-32,35,38,64H,4-18,23-24,29-30,33-34,36-37,39-63H2,1-3H3/b21-19-,22-20-,27-25-,28-26-,32-31-,38-35-. The molecule has 0 aliphatic heterocycles. The summed E-state index contributed by atoms with van der Waals surface area (Å²) in [5.41, 5.74) is 0. The Kier molecular flexibility index (Phi) is 58.7. The summed E-state index contributed by atoms with van der Waals surface area (Å²) in [6.45, 7) is 6.55. The largest absolute Gasteiger partial charge is 0.462 e. The molecule has 0 amide bonds. The molecule has 0 saturated heterocycles. The van der Waals surface area contributed by atoms with Crippen molar-refractivity contribution >= 4 is 17.9 Å². The molecule has 73 heavy (non-hydrogen) atoms. The summed E-state index contributed by atoms with van der Waals surface area (Å²) < 4.78 is 16.8. The van der Waals surface area contributed by atoms with Crippen LogP contribution in [0.25, 0.3) is 0 Å². The highest BCUT2D eigenvalue weighted by Gasteiger charge is 2.19. The van der Waals surface area contributed by atoms with Crippen molar-refractivity contribution in [1.82, 2.24) is 0 Å². The number of unbranched alkanes of at least 4 members (excludes halogenated alkanes) is 34. The Morgan fingerprint density at radius 2 is 0.493 bits per heavy atom. The molecule has 0 aromatic carbocycles. The van der Waals surface area contributed by atoms with Gasteiger partial charge in [-0.1, -0.05) is 273 Å². The van der Waals surface area contributed by atoms with E-state index in [1.807, 2.05) is 0 Å². The lowest BCUT2D eigenvalue weighted by atomic mass is 10.0. The van der Waals surface area contributed by atoms with Crippen LogP contribution in [-0.2, 0) is 28.6 Å². The fourth-order valence-electron chi connectivity index (χ4n) is 8.93. The second kappa shape index (κ2) is 61.4. The molecule has 422 valence electrons. The van der Waals surface area contributed by atoms with Crippen molar-refractivity contribution in [2.45, 2.75) is 322 Å². The minimum atomic E-state index is -0.777. The van der Waals surface area contributed by atoms with E-state index in [0.29, 0.717) is 19.3 Å². The maximum Gasteiger partial charge on any atom is 0.306 e. The third-order valence-electron chi connectivity index (χ3n) is 13.7. The fraction of sp³-hybridized carbons (Fsp3) is 0.776. The van der Waals surface area contributed by atoms with Crippen LogP contribution in [-0.4, -0.2) is 37.2 Å². The molecule has 1 atom stereocenters. The first-order valence-corrected chi connectivity index (χ1v) is 31.4. The first-order valence-electron chi connectivity index (χ1n) is 31.4. The molecular formula is C67H118O6. The Hall–Kier alpha value is -3.15. The van der Waals surface area contributed by atoms with Gasteiger partial charge in [-0.15, -0.1) is 0 Å². The Bertz CT molecular complexity index is 1360. The van der Waals surface area contributed by atoms with Gasteiger partial charge in [0, 0.05) is 19.3 Å². The fourth-order valence-corrected chi connectivity index (χ4v) is 8.93. The van der Waals surface area contributed by atoms with E-state index in [9.17, 15) is 14.4 Å². The van der Waals surface area contributed by atoms with E-state index in [-0.39, 0.29) is 31.1 Å². The summed E-state index contributed by atoms with van der Waals surface area (Å²) in [6, 6.07) is 0. The van der Waals surface area contributed by atoms with E-state index in [0.717, 1.165) is 96.3 Å². The minimum absolute atomic E-state index is 0.0783. The zero-order valence-electron chi connectivity index (χ0n) is 48.4. The van der Waals surface area contributed by atoms with Crippen LogP contribution < -0.4 is 0 Å². The second-order valence-electron chi connectivity index (χ2n) is 21.0. The topological polar surface area (TPSA) is 78.9 Å². The van der Waals surface area contributed by atoms with Crippen LogP contribution in [0.3, 0.4) is 0 Å². The zero-order chi connectivity index (χ0) is 52.9. The highest BCUT2D eigenvalue weighted by molar-refractivity contribution is 5.71. The number of allylic oxidation sites excluding steroid dienone is 12. The molecule has 0 N–H and O–H groups in total. The van der Waals surface area contributed by atoms with Crippen LogP contribution >= 0.6 is 0 Å². The van der Waals surface area contributed by atoms with Gasteiger partial charge in [-0.2, -0.15) is 0 Å². The van der Waals surface area contributed by atoms with Crippen molar-refractivity contribution in [2.75, 3.05) is 13.2 Å². The highest BCUT2D eigenvalue weighted by atomic mass is 16.6. The van der Waals surface area contributed by atoms with Gasteiger partial charge < -0.3 is 14.2 Å². The van der Waals surface area contributed by atoms with Gasteiger partial charge >= 0.3 is 17.9 Å². The number of carbonyl (C=O) groups is 3. The number of carbonyl (C=O) groups excluding carboxylic acids is 3. The molecule has 6 nitrogen and oxygen atoms in total. The molecule has 0 aromatic rings. The molecule has 0 radical (unpaired) electrons. The molecule has 0 aliphatic carbocycles. The van der Waals surface area contributed by atoms with E-state index in [1.165, 1.54) is 180 Å². The van der Waals surface area contributed by atoms with Crippen molar-refractivity contribution in [3.63, 3.8) is 0 Å². The van der Waals surface area contributed by atoms with E-state index < -0.39 is 6.10 Å². The molecular weight excluding hydrogens is 901 g/mol. The average molecular weight is 1020 g/mol. The number of hydrogen-bond donors (Lipinski definition) is 0. The van der Waals surface area contributed by atoms with Crippen molar-refractivity contribution in [2.24, 2.45) is 0 Å². The average Bonchev–Trinajstić information content (AvgIpc) is 3.39. The normalized spacial score (nSPS) is 12.5. The quantitative estimate of drug-likeness (QED) is 0.0261. The first-order chi connectivity index (χ1) is 36.0. The molecule has 0 fully saturated rings. The van der Waals surface area contributed by atoms with Gasteiger partial charge in [-0.05, 0) is 96.3 Å². The molecule has 0 aliphatic rings. The lowest BCUT2D eigenvalue weighted by Crippen LogP contribution is -2.30. The van der Waals surface area contributed by atoms with Crippen LogP contribution in [0.4, 0.5) is 0 Å². The van der Waals surface area contributed by atoms with Gasteiger partial charge in [-0.25, -0.2) is 0 Å². The molecule has 0 spiro atoms. The number of esters is 3. The van der Waals surface area contributed by atoms with Crippen LogP contribution in [0, 0.1) is 0 Å². The van der Waals surface area contributed by atoms with Gasteiger partial charge in [0.15, 0.2) is 6.10 Å². The van der Waals surface area contributed by atoms with Gasteiger partial charge in [0.05, 0.1) is 0 Å². The molecule has 0 rings (SSSR count). The van der Waals surface area contributed by atoms with Gasteiger partial charge in [0.2, 0.25) is 0 Å². The van der Waals surface area contributed by atoms with E-state index >= 15 is 0 Å². The monoisotopic (exact) mass is 1020 g/mol. The summed E-state index contributed by atoms with van der Waals surface area (Å²) in [5.74, 6) is -0.891. The number of ether oxygens (including phenoxy) is 3. The van der Waals surface area contributed by atoms with Crippen LogP contribution in [0.1, 0.15) is 316 Å². The molecule has 0 heterocycles. The van der Waals surface area contributed by atoms with Crippen LogP contribution in [0.15, 0.2) is 72.9 Å². The van der Waals surface area contributed by atoms with Crippen LogP contribution in [0.5, 0.6) is 0 Å². The maximum atomic E-state index is 12.8. The second-order valence-corrected chi connectivity index (χ2v) is 21.0. The van der Waals surface area contributed by atoms with E-state index in [2.05, 4.69) is 93.7 Å². The Morgan fingerprint density at radius 1 is 0.274 bits per heavy atom. The predicted molar refractivity (Wildman–Crippen MR) is 316 cm³/mol. The minimum Gasteiger partial charge on any atom is -0.462 e. The van der Waals surface area contributed by atoms with Gasteiger partial charge in [-0.3, -0.25) is 14.4 Å². The third kappa shape index (κ3) is 59.6. The lowest BCUT2D eigenvalue weighted by Gasteiger charge is -2.18. The zero-order valence-corrected chi connectivity index (χ0v) is 48.4. The highest BCUT2D eigenvalue weighted by Crippen LogP contribution is 2.16. The lowest BCUT2D eigenvalue weighted by molar-refractivity contribution is -0.167. The number of rotatable bonds is 57. The van der Waals surface area contributed by atoms with Crippen molar-refractivity contribution < 1.29 is 28.6 Å². The van der Waals surface area contributed by atoms with E-state index in [1.54, 1.807) is 0 Å². The number of hydrogen-bond acceptors (Lipinski definition) is 6. The van der Waals surface area contributed by atoms with Crippen molar-refractivity contribution in [3.05, 3.63) is 72.9 Å². The molecule has 0 saturated carbocycles. The third-order valence-corrected chi connectivity index (χ3v) is 13.7. The summed E-state index contributed by atoms with van der Waals surface area (Å²) in [7, 11) is 0. The van der Waals surface area contributed by atoms with Gasteiger partial charge in [0.25, 0.3) is 0 Å². The first kappa shape index (κ1) is 69.8.